The van der Waals surface area contributed by atoms with Gasteiger partial charge >= 0.3 is 0 Å². The molecule has 0 saturated heterocycles. The molecule has 8 nitrogen and oxygen atoms in total. The Morgan fingerprint density at radius 1 is 0.556 bits per heavy atom. The third-order valence-corrected chi connectivity index (χ3v) is 12.4. The molecule has 0 radical (unpaired) electrons. The molecule has 63 heavy (non-hydrogen) atoms. The zero-order valence-corrected chi connectivity index (χ0v) is 42.7. The Hall–Kier alpha value is -1.80. The third-order valence-electron chi connectivity index (χ3n) is 11.4. The Morgan fingerprint density at radius 2 is 0.937 bits per heavy atom. The summed E-state index contributed by atoms with van der Waals surface area (Å²) < 4.78 is 23.3. The van der Waals surface area contributed by atoms with Crippen molar-refractivity contribution in [1.82, 2.24) is 5.32 Å². The number of nitrogens with one attached hydrogen (secondary N) is 1. The monoisotopic (exact) mass is 905 g/mol. The lowest BCUT2D eigenvalue weighted by molar-refractivity contribution is -0.870. The molecule has 2 N–H and O–H groups in total. The first kappa shape index (κ1) is 61.2. The second-order valence-electron chi connectivity index (χ2n) is 18.9. The smallest absolute Gasteiger partial charge is 0.268 e. The molecule has 3 atom stereocenters. The third kappa shape index (κ3) is 48.0. The Balaban J connectivity index is 4.39. The lowest BCUT2D eigenvalue weighted by Gasteiger charge is -2.29. The van der Waals surface area contributed by atoms with E-state index in [9.17, 15) is 19.4 Å². The highest BCUT2D eigenvalue weighted by Gasteiger charge is 2.23. The second-order valence-corrected chi connectivity index (χ2v) is 20.3. The molecule has 368 valence electrons. The quantitative estimate of drug-likeness (QED) is 0.0273. The highest BCUT2D eigenvalue weighted by atomic mass is 31.2. The first-order valence-electron chi connectivity index (χ1n) is 26.2. The average molecular weight is 905 g/mol. The minimum atomic E-state index is -4.61. The minimum absolute atomic E-state index is 0.0117. The van der Waals surface area contributed by atoms with Gasteiger partial charge in [-0.05, 0) is 77.0 Å². The van der Waals surface area contributed by atoms with E-state index in [1.165, 1.54) is 154 Å². The molecule has 0 fully saturated rings. The van der Waals surface area contributed by atoms with Gasteiger partial charge in [0.1, 0.15) is 13.2 Å². The van der Waals surface area contributed by atoms with Gasteiger partial charge in [-0.3, -0.25) is 9.36 Å². The number of rotatable bonds is 47. The Kier molecular flexibility index (Phi) is 44.1. The summed E-state index contributed by atoms with van der Waals surface area (Å²) in [5.74, 6) is -0.217. The van der Waals surface area contributed by atoms with Crippen molar-refractivity contribution in [2.75, 3.05) is 40.9 Å². The molecule has 0 aromatic rings. The standard InChI is InChI=1S/C54H101N2O6P/c1-6-8-10-12-14-16-18-20-22-24-26-28-30-32-34-36-38-40-42-44-46-48-54(58)55-52(51-62-63(59,60)61-50-49-56(3,4)5)53(57)47-45-43-41-39-37-35-33-31-29-27-25-23-21-19-17-15-13-11-9-7-2/h18,20,24,26,29,31,37,39,45,47,52-53,57H,6-17,19,21-23,25,27-28,30,32-36,38,40-44,46,48-51H2,1-5H3,(H-,55,58,59,60)/b20-18-,26-24-,31-29+,39-37+,47-45+. The first-order chi connectivity index (χ1) is 30.5. The zero-order chi connectivity index (χ0) is 46.4. The first-order valence-corrected chi connectivity index (χ1v) is 27.6. The van der Waals surface area contributed by atoms with E-state index >= 15 is 0 Å². The van der Waals surface area contributed by atoms with Gasteiger partial charge in [0.2, 0.25) is 5.91 Å². The van der Waals surface area contributed by atoms with Gasteiger partial charge in [-0.1, -0.05) is 203 Å². The topological polar surface area (TPSA) is 108 Å². The van der Waals surface area contributed by atoms with Crippen molar-refractivity contribution in [1.29, 1.82) is 0 Å². The second kappa shape index (κ2) is 45.4. The van der Waals surface area contributed by atoms with E-state index in [4.69, 9.17) is 9.05 Å². The summed E-state index contributed by atoms with van der Waals surface area (Å²) in [5.41, 5.74) is 0. The van der Waals surface area contributed by atoms with Crippen LogP contribution < -0.4 is 10.2 Å². The van der Waals surface area contributed by atoms with Crippen LogP contribution in [0, 0.1) is 0 Å². The maximum atomic E-state index is 12.9. The molecule has 1 amide bonds. The summed E-state index contributed by atoms with van der Waals surface area (Å²) in [6, 6.07) is -0.914. The number of phosphoric acid groups is 1. The molecule has 0 heterocycles. The van der Waals surface area contributed by atoms with E-state index in [1.807, 2.05) is 27.2 Å². The summed E-state index contributed by atoms with van der Waals surface area (Å²) in [5, 5.41) is 13.8. The number of quaternary nitrogens is 1. The largest absolute Gasteiger partial charge is 0.756 e. The number of phosphoric ester groups is 1. The summed E-state index contributed by atoms with van der Waals surface area (Å²) in [6.45, 7) is 4.61. The van der Waals surface area contributed by atoms with Crippen LogP contribution in [0.1, 0.15) is 226 Å². The van der Waals surface area contributed by atoms with Gasteiger partial charge in [0.25, 0.3) is 7.82 Å². The van der Waals surface area contributed by atoms with Gasteiger partial charge in [0.05, 0.1) is 39.9 Å². The van der Waals surface area contributed by atoms with Gasteiger partial charge in [0, 0.05) is 6.42 Å². The molecule has 9 heteroatoms. The maximum Gasteiger partial charge on any atom is 0.268 e. The average Bonchev–Trinajstić information content (AvgIpc) is 3.24. The number of allylic oxidation sites excluding steroid dienone is 9. The SMILES string of the molecule is CCCCCCC/C=C\C/C=C\CCCCCCCCCCCC(=O)NC(COP(=O)([O-])OCC[N+](C)(C)C)C(O)/C=C/CC/C=C/CC/C=C/CCCCCCCCCCCC. The number of nitrogens with zero attached hydrogens (tertiary/aromatic N) is 1. The summed E-state index contributed by atoms with van der Waals surface area (Å²) in [7, 11) is 1.23. The number of likely N-dealkylation sites (N-methyl/N-ethyl adjacent to an activating group) is 1. The fourth-order valence-corrected chi connectivity index (χ4v) is 8.00. The zero-order valence-electron chi connectivity index (χ0n) is 41.8. The van der Waals surface area contributed by atoms with Gasteiger partial charge in [-0.2, -0.15) is 0 Å². The van der Waals surface area contributed by atoms with Crippen molar-refractivity contribution in [3.8, 4) is 0 Å². The summed E-state index contributed by atoms with van der Waals surface area (Å²) in [6.07, 6.45) is 59.9. The van der Waals surface area contributed by atoms with Gasteiger partial charge in [-0.25, -0.2) is 0 Å². The molecule has 0 saturated carbocycles. The van der Waals surface area contributed by atoms with Crippen LogP contribution in [-0.4, -0.2) is 68.5 Å². The van der Waals surface area contributed by atoms with Crippen molar-refractivity contribution >= 4 is 13.7 Å². The van der Waals surface area contributed by atoms with Crippen molar-refractivity contribution in [3.05, 3.63) is 60.8 Å². The van der Waals surface area contributed by atoms with E-state index in [0.717, 1.165) is 51.4 Å². The number of hydrogen-bond acceptors (Lipinski definition) is 6. The van der Waals surface area contributed by atoms with Crippen LogP contribution in [-0.2, 0) is 18.4 Å². The number of unbranched alkanes of at least 4 members (excludes halogenated alkanes) is 26. The number of carbonyl (C=O) groups excluding carboxylic acids is 1. The molecule has 0 aromatic carbocycles. The maximum absolute atomic E-state index is 12.9. The number of aliphatic hydroxyl groups is 1. The Labute approximate surface area is 390 Å². The lowest BCUT2D eigenvalue weighted by Crippen LogP contribution is -2.45. The molecular formula is C54H101N2O6P. The molecule has 0 bridgehead atoms. The normalized spacial score (nSPS) is 14.6. The summed E-state index contributed by atoms with van der Waals surface area (Å²) >= 11 is 0. The van der Waals surface area contributed by atoms with Crippen molar-refractivity contribution in [3.63, 3.8) is 0 Å². The van der Waals surface area contributed by atoms with Crippen LogP contribution in [0.25, 0.3) is 0 Å². The molecule has 0 aliphatic carbocycles. The molecule has 0 aliphatic rings. The van der Waals surface area contributed by atoms with Gasteiger partial charge < -0.3 is 28.8 Å². The minimum Gasteiger partial charge on any atom is -0.756 e. The highest BCUT2D eigenvalue weighted by Crippen LogP contribution is 2.38. The molecule has 0 rings (SSSR count). The van der Waals surface area contributed by atoms with Gasteiger partial charge in [0.15, 0.2) is 0 Å². The fourth-order valence-electron chi connectivity index (χ4n) is 7.27. The fraction of sp³-hybridized carbons (Fsp3) is 0.796. The number of hydrogen-bond donors (Lipinski definition) is 2. The number of amides is 1. The van der Waals surface area contributed by atoms with E-state index in [-0.39, 0.29) is 12.5 Å². The van der Waals surface area contributed by atoms with E-state index in [1.54, 1.807) is 6.08 Å². The van der Waals surface area contributed by atoms with E-state index < -0.39 is 26.6 Å². The lowest BCUT2D eigenvalue weighted by atomic mass is 10.1. The molecule has 0 aromatic heterocycles. The van der Waals surface area contributed by atoms with Crippen molar-refractivity contribution in [2.24, 2.45) is 0 Å². The highest BCUT2D eigenvalue weighted by molar-refractivity contribution is 7.45. The Bertz CT molecular complexity index is 1210. The van der Waals surface area contributed by atoms with Crippen LogP contribution >= 0.6 is 7.82 Å². The van der Waals surface area contributed by atoms with Crippen molar-refractivity contribution < 1.29 is 32.9 Å². The molecule has 0 spiro atoms. The van der Waals surface area contributed by atoms with Crippen LogP contribution in [0.5, 0.6) is 0 Å². The Morgan fingerprint density at radius 3 is 1.38 bits per heavy atom. The molecule has 3 unspecified atom stereocenters. The van der Waals surface area contributed by atoms with E-state index in [0.29, 0.717) is 17.4 Å². The predicted octanol–water partition coefficient (Wildman–Crippen LogP) is 14.7. The van der Waals surface area contributed by atoms with Crippen LogP contribution in [0.3, 0.4) is 0 Å². The van der Waals surface area contributed by atoms with Crippen LogP contribution in [0.4, 0.5) is 0 Å². The molecular weight excluding hydrogens is 804 g/mol. The number of carbonyl (C=O) groups is 1. The van der Waals surface area contributed by atoms with E-state index in [2.05, 4.69) is 67.8 Å². The summed E-state index contributed by atoms with van der Waals surface area (Å²) in [4.78, 5) is 25.4. The van der Waals surface area contributed by atoms with Gasteiger partial charge in [-0.15, -0.1) is 0 Å². The van der Waals surface area contributed by atoms with Crippen LogP contribution in [0.15, 0.2) is 60.8 Å². The number of aliphatic hydroxyl groups excluding tert-OH is 1. The van der Waals surface area contributed by atoms with Crippen molar-refractivity contribution in [2.45, 2.75) is 238 Å². The van der Waals surface area contributed by atoms with Crippen LogP contribution in [0.2, 0.25) is 0 Å². The predicted molar refractivity (Wildman–Crippen MR) is 270 cm³/mol. The molecule has 0 aliphatic heterocycles.